The van der Waals surface area contributed by atoms with E-state index in [9.17, 15) is 4.79 Å². The van der Waals surface area contributed by atoms with Gasteiger partial charge in [-0.15, -0.1) is 11.3 Å². The number of hydrogen-bond donors (Lipinski definition) is 2. The number of carbonyl (C=O) groups excluding carboxylic acids is 1. The lowest BCUT2D eigenvalue weighted by Gasteiger charge is -2.06. The van der Waals surface area contributed by atoms with Gasteiger partial charge in [0, 0.05) is 23.4 Å². The Morgan fingerprint density at radius 3 is 3.00 bits per heavy atom. The number of aryl methyl sites for hydroxylation is 2. The molecule has 0 radical (unpaired) electrons. The van der Waals surface area contributed by atoms with Gasteiger partial charge in [-0.25, -0.2) is 4.98 Å². The molecule has 6 nitrogen and oxygen atoms in total. The molecule has 2 aromatic heterocycles. The predicted octanol–water partition coefficient (Wildman–Crippen LogP) is 2.27. The van der Waals surface area contributed by atoms with Gasteiger partial charge in [0.25, 0.3) is 5.91 Å². The number of aromatic amines is 1. The predicted molar refractivity (Wildman–Crippen MR) is 88.7 cm³/mol. The fourth-order valence-corrected chi connectivity index (χ4v) is 4.04. The number of rotatable bonds is 4. The molecule has 2 heterocycles. The molecule has 0 spiro atoms. The van der Waals surface area contributed by atoms with E-state index in [1.807, 2.05) is 0 Å². The zero-order valence-corrected chi connectivity index (χ0v) is 13.4. The number of nitrogens with zero attached hydrogens (tertiary/aromatic N) is 3. The van der Waals surface area contributed by atoms with Gasteiger partial charge in [-0.2, -0.15) is 15.4 Å². The van der Waals surface area contributed by atoms with E-state index < -0.39 is 0 Å². The lowest BCUT2D eigenvalue weighted by atomic mass is 10.0. The third kappa shape index (κ3) is 2.96. The number of aromatic nitrogens is 4. The molecule has 0 saturated heterocycles. The van der Waals surface area contributed by atoms with Crippen molar-refractivity contribution in [3.8, 4) is 0 Å². The fraction of sp³-hybridized carbons (Fsp3) is 0.375. The highest BCUT2D eigenvalue weighted by atomic mass is 32.1. The minimum atomic E-state index is -0.0868. The van der Waals surface area contributed by atoms with E-state index >= 15 is 0 Å². The second kappa shape index (κ2) is 6.08. The second-order valence-electron chi connectivity index (χ2n) is 5.72. The normalized spacial score (nSPS) is 13.9. The lowest BCUT2D eigenvalue weighted by molar-refractivity contribution is 0.0954. The van der Waals surface area contributed by atoms with Crippen LogP contribution in [0.3, 0.4) is 0 Å². The first-order valence-electron chi connectivity index (χ1n) is 7.86. The van der Waals surface area contributed by atoms with Gasteiger partial charge in [0.05, 0.1) is 10.7 Å². The molecule has 3 aromatic rings. The SMILES string of the molecule is O=C(NCCc1nc2c(s1)CCCC2)c1ccc2n[nH]nc2c1. The van der Waals surface area contributed by atoms with Crippen LogP contribution in [0.1, 0.15) is 38.8 Å². The summed E-state index contributed by atoms with van der Waals surface area (Å²) in [6.45, 7) is 0.599. The van der Waals surface area contributed by atoms with Gasteiger partial charge < -0.3 is 5.32 Å². The van der Waals surface area contributed by atoms with E-state index in [1.165, 1.54) is 23.4 Å². The highest BCUT2D eigenvalue weighted by molar-refractivity contribution is 7.11. The highest BCUT2D eigenvalue weighted by Crippen LogP contribution is 2.26. The van der Waals surface area contributed by atoms with Gasteiger partial charge in [-0.1, -0.05) is 0 Å². The van der Waals surface area contributed by atoms with Crippen molar-refractivity contribution in [1.29, 1.82) is 0 Å². The van der Waals surface area contributed by atoms with Crippen molar-refractivity contribution in [3.63, 3.8) is 0 Å². The molecule has 1 aliphatic rings. The molecule has 1 aliphatic carbocycles. The Morgan fingerprint density at radius 1 is 1.22 bits per heavy atom. The first kappa shape index (κ1) is 14.3. The van der Waals surface area contributed by atoms with Crippen molar-refractivity contribution in [2.24, 2.45) is 0 Å². The maximum Gasteiger partial charge on any atom is 0.251 e. The number of nitrogens with one attached hydrogen (secondary N) is 2. The number of hydrogen-bond acceptors (Lipinski definition) is 5. The largest absolute Gasteiger partial charge is 0.352 e. The van der Waals surface area contributed by atoms with Crippen LogP contribution in [0, 0.1) is 0 Å². The number of benzene rings is 1. The molecule has 0 aliphatic heterocycles. The van der Waals surface area contributed by atoms with Crippen LogP contribution in [0.2, 0.25) is 0 Å². The number of fused-ring (bicyclic) bond motifs is 2. The van der Waals surface area contributed by atoms with Gasteiger partial charge >= 0.3 is 0 Å². The van der Waals surface area contributed by atoms with Crippen LogP contribution in [0.15, 0.2) is 18.2 Å². The first-order valence-corrected chi connectivity index (χ1v) is 8.67. The summed E-state index contributed by atoms with van der Waals surface area (Å²) in [5, 5.41) is 14.6. The number of amides is 1. The summed E-state index contributed by atoms with van der Waals surface area (Å²) in [6.07, 6.45) is 5.58. The van der Waals surface area contributed by atoms with Crippen LogP contribution < -0.4 is 5.32 Å². The Hall–Kier alpha value is -2.28. The number of H-pyrrole nitrogens is 1. The summed E-state index contributed by atoms with van der Waals surface area (Å²) in [6, 6.07) is 5.31. The smallest absolute Gasteiger partial charge is 0.251 e. The van der Waals surface area contributed by atoms with Crippen LogP contribution in [0.5, 0.6) is 0 Å². The molecule has 23 heavy (non-hydrogen) atoms. The van der Waals surface area contributed by atoms with Crippen LogP contribution in [-0.2, 0) is 19.3 Å². The van der Waals surface area contributed by atoms with Gasteiger partial charge in [0.15, 0.2) is 0 Å². The lowest BCUT2D eigenvalue weighted by Crippen LogP contribution is -2.25. The molecule has 0 atom stereocenters. The van der Waals surface area contributed by atoms with E-state index in [0.29, 0.717) is 17.6 Å². The Labute approximate surface area is 137 Å². The number of thiazole rings is 1. The molecule has 0 unspecified atom stereocenters. The summed E-state index contributed by atoms with van der Waals surface area (Å²) in [7, 11) is 0. The van der Waals surface area contributed by atoms with E-state index in [2.05, 4.69) is 20.7 Å². The minimum Gasteiger partial charge on any atom is -0.352 e. The maximum atomic E-state index is 12.2. The summed E-state index contributed by atoms with van der Waals surface area (Å²) in [5.41, 5.74) is 3.34. The molecular formula is C16H17N5OS. The van der Waals surface area contributed by atoms with Crippen molar-refractivity contribution in [2.75, 3.05) is 6.54 Å². The monoisotopic (exact) mass is 327 g/mol. The van der Waals surface area contributed by atoms with Gasteiger partial charge in [0.2, 0.25) is 0 Å². The van der Waals surface area contributed by atoms with E-state index in [1.54, 1.807) is 29.5 Å². The Kier molecular flexibility index (Phi) is 3.78. The van der Waals surface area contributed by atoms with E-state index in [-0.39, 0.29) is 5.91 Å². The van der Waals surface area contributed by atoms with E-state index in [4.69, 9.17) is 4.98 Å². The van der Waals surface area contributed by atoms with Crippen LogP contribution >= 0.6 is 11.3 Å². The van der Waals surface area contributed by atoms with E-state index in [0.717, 1.165) is 29.8 Å². The summed E-state index contributed by atoms with van der Waals surface area (Å²) in [5.74, 6) is -0.0868. The summed E-state index contributed by atoms with van der Waals surface area (Å²) < 4.78 is 0. The molecule has 7 heteroatoms. The molecule has 4 rings (SSSR count). The highest BCUT2D eigenvalue weighted by Gasteiger charge is 2.15. The van der Waals surface area contributed by atoms with Crippen molar-refractivity contribution in [3.05, 3.63) is 39.3 Å². The molecule has 0 saturated carbocycles. The second-order valence-corrected chi connectivity index (χ2v) is 6.89. The molecular weight excluding hydrogens is 310 g/mol. The minimum absolute atomic E-state index is 0.0868. The van der Waals surface area contributed by atoms with Gasteiger partial charge in [-0.05, 0) is 43.9 Å². The zero-order valence-electron chi connectivity index (χ0n) is 12.6. The van der Waals surface area contributed by atoms with Crippen LogP contribution in [0.4, 0.5) is 0 Å². The van der Waals surface area contributed by atoms with Crippen molar-refractivity contribution >= 4 is 28.3 Å². The van der Waals surface area contributed by atoms with Gasteiger partial charge in [0.1, 0.15) is 11.0 Å². The Morgan fingerprint density at radius 2 is 2.09 bits per heavy atom. The average molecular weight is 327 g/mol. The van der Waals surface area contributed by atoms with Gasteiger partial charge in [-0.3, -0.25) is 4.79 Å². The van der Waals surface area contributed by atoms with Crippen molar-refractivity contribution in [2.45, 2.75) is 32.1 Å². The third-order valence-electron chi connectivity index (χ3n) is 4.09. The quantitative estimate of drug-likeness (QED) is 0.770. The maximum absolute atomic E-state index is 12.2. The fourth-order valence-electron chi connectivity index (χ4n) is 2.88. The standard InChI is InChI=1S/C16H17N5OS/c22-16(10-5-6-11-13(9-10)20-21-19-11)17-8-7-15-18-12-3-1-2-4-14(12)23-15/h5-6,9H,1-4,7-8H2,(H,17,22)(H,19,20,21). The first-order chi connectivity index (χ1) is 11.3. The average Bonchev–Trinajstić information content (AvgIpc) is 3.19. The number of carbonyl (C=O) groups is 1. The van der Waals surface area contributed by atoms with Crippen LogP contribution in [0.25, 0.3) is 11.0 Å². The molecule has 2 N–H and O–H groups in total. The third-order valence-corrected chi connectivity index (χ3v) is 5.31. The molecule has 1 aromatic carbocycles. The topological polar surface area (TPSA) is 83.6 Å². The summed E-state index contributed by atoms with van der Waals surface area (Å²) in [4.78, 5) is 18.3. The van der Waals surface area contributed by atoms with Crippen LogP contribution in [-0.4, -0.2) is 32.8 Å². The zero-order chi connectivity index (χ0) is 15.6. The Bertz CT molecular complexity index is 830. The molecule has 0 fully saturated rings. The summed E-state index contributed by atoms with van der Waals surface area (Å²) >= 11 is 1.80. The van der Waals surface area contributed by atoms with Crippen molar-refractivity contribution < 1.29 is 4.79 Å². The molecule has 1 amide bonds. The Balaban J connectivity index is 1.36. The van der Waals surface area contributed by atoms with Crippen molar-refractivity contribution in [1.82, 2.24) is 25.7 Å². The molecule has 118 valence electrons. The molecule has 0 bridgehead atoms.